The number of hydrogen-bond acceptors (Lipinski definition) is 7. The number of amides is 1. The highest BCUT2D eigenvalue weighted by atomic mass is 32.3. The lowest BCUT2D eigenvalue weighted by molar-refractivity contribution is -0.117. The van der Waals surface area contributed by atoms with E-state index in [4.69, 9.17) is 5.73 Å². The number of amidine groups is 1. The molecule has 1 amide bonds. The molecule has 0 saturated carbocycles. The maximum absolute atomic E-state index is 11.2. The number of sulfonamides is 1. The Morgan fingerprint density at radius 3 is 2.77 bits per heavy atom. The average molecular weight is 224 g/mol. The molecule has 1 aliphatic rings. The zero-order chi connectivity index (χ0) is 10.1. The number of carbonyl (C=O) groups is 1. The first kappa shape index (κ1) is 10.1. The summed E-state index contributed by atoms with van der Waals surface area (Å²) in [5, 5.41) is 3.59. The minimum Gasteiger partial charge on any atom is -0.377 e. The lowest BCUT2D eigenvalue weighted by Gasteiger charge is -2.09. The molecule has 0 radical (unpaired) electrons. The zero-order valence-electron chi connectivity index (χ0n) is 6.64. The highest BCUT2D eigenvalue weighted by molar-refractivity contribution is 8.22. The van der Waals surface area contributed by atoms with E-state index in [2.05, 4.69) is 10.5 Å². The van der Waals surface area contributed by atoms with Gasteiger partial charge in [-0.05, 0) is 11.8 Å². The normalized spacial score (nSPS) is 21.9. The van der Waals surface area contributed by atoms with Crippen LogP contribution in [-0.2, 0) is 14.8 Å². The van der Waals surface area contributed by atoms with E-state index in [9.17, 15) is 13.2 Å². The van der Waals surface area contributed by atoms with Crippen molar-refractivity contribution >= 4 is 32.9 Å². The van der Waals surface area contributed by atoms with Crippen molar-refractivity contribution in [3.05, 3.63) is 0 Å². The van der Waals surface area contributed by atoms with Crippen molar-refractivity contribution in [2.75, 3.05) is 0 Å². The number of carbonyl (C=O) groups excluding carboxylic acids is 1. The van der Waals surface area contributed by atoms with Crippen molar-refractivity contribution in [1.29, 1.82) is 0 Å². The van der Waals surface area contributed by atoms with E-state index < -0.39 is 20.6 Å². The fourth-order valence-electron chi connectivity index (χ4n) is 0.665. The fraction of sp³-hybridized carbons (Fsp3) is 0.500. The smallest absolute Gasteiger partial charge is 0.267 e. The monoisotopic (exact) mass is 224 g/mol. The molecule has 7 nitrogen and oxygen atoms in total. The largest absolute Gasteiger partial charge is 0.377 e. The summed E-state index contributed by atoms with van der Waals surface area (Å²) in [6.45, 7) is 1.11. The number of hydrazone groups is 1. The van der Waals surface area contributed by atoms with Gasteiger partial charge in [-0.2, -0.15) is 5.10 Å². The second-order valence-electron chi connectivity index (χ2n) is 2.23. The lowest BCUT2D eigenvalue weighted by Crippen LogP contribution is -2.40. The van der Waals surface area contributed by atoms with Crippen LogP contribution in [0.2, 0.25) is 0 Å². The predicted molar refractivity (Wildman–Crippen MR) is 48.9 cm³/mol. The van der Waals surface area contributed by atoms with Crippen molar-refractivity contribution in [2.24, 2.45) is 10.8 Å². The van der Waals surface area contributed by atoms with Crippen LogP contribution >= 0.6 is 11.8 Å². The summed E-state index contributed by atoms with van der Waals surface area (Å²) in [5.41, 5.74) is 7.50. The fourth-order valence-corrected chi connectivity index (χ4v) is 2.74. The van der Waals surface area contributed by atoms with Gasteiger partial charge in [0.15, 0.2) is 5.17 Å². The SMILES string of the molecule is CC(=O)NS(=O)(=O)C1NN=C(N)S1. The molecule has 1 aliphatic heterocycles. The minimum atomic E-state index is -3.73. The quantitative estimate of drug-likeness (QED) is 0.515. The van der Waals surface area contributed by atoms with Crippen LogP contribution in [0.4, 0.5) is 0 Å². The highest BCUT2D eigenvalue weighted by Gasteiger charge is 2.31. The molecular formula is C4H8N4O3S2. The summed E-state index contributed by atoms with van der Waals surface area (Å²) in [6.07, 6.45) is 0. The predicted octanol–water partition coefficient (Wildman–Crippen LogP) is -1.70. The van der Waals surface area contributed by atoms with Crippen LogP contribution in [0.5, 0.6) is 0 Å². The number of thioether (sulfide) groups is 1. The van der Waals surface area contributed by atoms with E-state index in [-0.39, 0.29) is 5.17 Å². The summed E-state index contributed by atoms with van der Waals surface area (Å²) in [5.74, 6) is -0.645. The van der Waals surface area contributed by atoms with E-state index in [0.717, 1.165) is 18.7 Å². The molecule has 1 atom stereocenters. The molecule has 74 valence electrons. The van der Waals surface area contributed by atoms with Crippen LogP contribution in [-0.4, -0.2) is 24.2 Å². The van der Waals surface area contributed by atoms with E-state index >= 15 is 0 Å². The molecule has 0 aromatic heterocycles. The van der Waals surface area contributed by atoms with Crippen LogP contribution < -0.4 is 15.9 Å². The third-order valence-corrected chi connectivity index (χ3v) is 4.02. The van der Waals surface area contributed by atoms with Gasteiger partial charge in [0.1, 0.15) is 0 Å². The molecule has 1 unspecified atom stereocenters. The van der Waals surface area contributed by atoms with Crippen LogP contribution in [0.1, 0.15) is 6.92 Å². The van der Waals surface area contributed by atoms with Crippen LogP contribution in [0.15, 0.2) is 5.10 Å². The van der Waals surface area contributed by atoms with Gasteiger partial charge < -0.3 is 5.73 Å². The maximum Gasteiger partial charge on any atom is 0.267 e. The van der Waals surface area contributed by atoms with Crippen LogP contribution in [0.3, 0.4) is 0 Å². The Labute approximate surface area is 79.2 Å². The van der Waals surface area contributed by atoms with Gasteiger partial charge in [0.25, 0.3) is 10.0 Å². The van der Waals surface area contributed by atoms with Crippen molar-refractivity contribution < 1.29 is 13.2 Å². The summed E-state index contributed by atoms with van der Waals surface area (Å²) in [4.78, 5) is 10.5. The first-order chi connectivity index (χ1) is 5.92. The minimum absolute atomic E-state index is 0.124. The van der Waals surface area contributed by atoms with E-state index in [0.29, 0.717) is 0 Å². The second-order valence-corrected chi connectivity index (χ2v) is 5.42. The Morgan fingerprint density at radius 1 is 1.77 bits per heavy atom. The highest BCUT2D eigenvalue weighted by Crippen LogP contribution is 2.18. The number of nitrogens with zero attached hydrogens (tertiary/aromatic N) is 1. The molecule has 13 heavy (non-hydrogen) atoms. The van der Waals surface area contributed by atoms with Gasteiger partial charge in [-0.25, -0.2) is 8.42 Å². The molecule has 9 heteroatoms. The molecular weight excluding hydrogens is 216 g/mol. The van der Waals surface area contributed by atoms with E-state index in [1.54, 1.807) is 4.72 Å². The zero-order valence-corrected chi connectivity index (χ0v) is 8.28. The average Bonchev–Trinajstić information content (AvgIpc) is 2.32. The Balaban J connectivity index is 2.68. The summed E-state index contributed by atoms with van der Waals surface area (Å²) in [7, 11) is -3.73. The first-order valence-electron chi connectivity index (χ1n) is 3.19. The van der Waals surface area contributed by atoms with Gasteiger partial charge >= 0.3 is 0 Å². The van der Waals surface area contributed by atoms with Gasteiger partial charge in [-0.1, -0.05) is 0 Å². The first-order valence-corrected chi connectivity index (χ1v) is 5.62. The molecule has 0 saturated heterocycles. The van der Waals surface area contributed by atoms with Gasteiger partial charge in [0, 0.05) is 6.92 Å². The Bertz CT molecular complexity index is 348. The van der Waals surface area contributed by atoms with Crippen molar-refractivity contribution in [1.82, 2.24) is 10.1 Å². The number of nitrogens with two attached hydrogens (primary N) is 1. The third-order valence-electron chi connectivity index (χ3n) is 1.08. The summed E-state index contributed by atoms with van der Waals surface area (Å²) in [6, 6.07) is 0. The standard InChI is InChI=1S/C4H8N4O3S2/c1-2(9)8-13(10,11)4-7-6-3(5)12-4/h4,7H,1H3,(H2,5,6)(H,8,9). The molecule has 1 rings (SSSR count). The summed E-state index contributed by atoms with van der Waals surface area (Å²) < 4.78 is 23.3. The van der Waals surface area contributed by atoms with Gasteiger partial charge in [0.2, 0.25) is 10.6 Å². The Hall–Kier alpha value is -0.960. The molecule has 0 fully saturated rings. The Kier molecular flexibility index (Phi) is 2.66. The van der Waals surface area contributed by atoms with Crippen LogP contribution in [0, 0.1) is 0 Å². The maximum atomic E-state index is 11.2. The number of rotatable bonds is 2. The Morgan fingerprint density at radius 2 is 2.38 bits per heavy atom. The van der Waals surface area contributed by atoms with Crippen molar-refractivity contribution in [3.63, 3.8) is 0 Å². The van der Waals surface area contributed by atoms with E-state index in [1.807, 2.05) is 0 Å². The molecule has 0 aromatic rings. The molecule has 4 N–H and O–H groups in total. The molecule has 0 bridgehead atoms. The lowest BCUT2D eigenvalue weighted by atomic mass is 10.8. The molecule has 0 spiro atoms. The van der Waals surface area contributed by atoms with Crippen molar-refractivity contribution in [3.8, 4) is 0 Å². The van der Waals surface area contributed by atoms with Gasteiger partial charge in [-0.3, -0.25) is 14.9 Å². The third kappa shape index (κ3) is 2.49. The molecule has 0 aromatic carbocycles. The van der Waals surface area contributed by atoms with Gasteiger partial charge in [-0.15, -0.1) is 0 Å². The number of nitrogens with one attached hydrogen (secondary N) is 2. The molecule has 1 heterocycles. The molecule has 0 aliphatic carbocycles. The second kappa shape index (κ2) is 3.42. The topological polar surface area (TPSA) is 114 Å². The van der Waals surface area contributed by atoms with Gasteiger partial charge in [0.05, 0.1) is 0 Å². The summed E-state index contributed by atoms with van der Waals surface area (Å²) >= 11 is 0.828. The number of hydrogen-bond donors (Lipinski definition) is 3. The van der Waals surface area contributed by atoms with E-state index in [1.165, 1.54) is 0 Å². The van der Waals surface area contributed by atoms with Crippen molar-refractivity contribution in [2.45, 2.75) is 11.6 Å². The van der Waals surface area contributed by atoms with Crippen LogP contribution in [0.25, 0.3) is 0 Å².